The molecule has 0 aliphatic heterocycles. The van der Waals surface area contributed by atoms with Crippen LogP contribution in [0.5, 0.6) is 11.5 Å². The highest BCUT2D eigenvalue weighted by Gasteiger charge is 2.15. The van der Waals surface area contributed by atoms with Gasteiger partial charge in [-0.3, -0.25) is 14.9 Å². The average molecular weight is 478 g/mol. The number of carbonyl (C=O) groups excluding carboxylic acids is 1. The SMILES string of the molecule is CCOc1cc(/C=C(/C#N)c2cccc([N+](=O)[O-])c2)cc(Cl)c1OCC(=O)Nc1ccccc1. The van der Waals surface area contributed by atoms with E-state index < -0.39 is 4.92 Å². The lowest BCUT2D eigenvalue weighted by Crippen LogP contribution is -2.20. The van der Waals surface area contributed by atoms with Crippen LogP contribution in [0.25, 0.3) is 11.6 Å². The van der Waals surface area contributed by atoms with Crippen LogP contribution in [0, 0.1) is 21.4 Å². The molecule has 3 aromatic rings. The Morgan fingerprint density at radius 1 is 1.15 bits per heavy atom. The second kappa shape index (κ2) is 11.5. The Balaban J connectivity index is 1.85. The molecule has 3 aromatic carbocycles. The first kappa shape index (κ1) is 24.3. The maximum absolute atomic E-state index is 12.2. The van der Waals surface area contributed by atoms with Crippen LogP contribution in [-0.2, 0) is 4.79 Å². The molecule has 0 atom stereocenters. The molecule has 0 heterocycles. The number of halogens is 1. The molecular weight excluding hydrogens is 458 g/mol. The van der Waals surface area contributed by atoms with Gasteiger partial charge in [0, 0.05) is 17.8 Å². The van der Waals surface area contributed by atoms with E-state index in [4.69, 9.17) is 21.1 Å². The fraction of sp³-hybridized carbons (Fsp3) is 0.120. The first-order valence-corrected chi connectivity index (χ1v) is 10.6. The molecule has 0 radical (unpaired) electrons. The van der Waals surface area contributed by atoms with E-state index in [0.29, 0.717) is 29.2 Å². The number of amides is 1. The van der Waals surface area contributed by atoms with Gasteiger partial charge in [-0.25, -0.2) is 0 Å². The summed E-state index contributed by atoms with van der Waals surface area (Å²) in [4.78, 5) is 22.8. The zero-order valence-electron chi connectivity index (χ0n) is 18.2. The normalized spacial score (nSPS) is 10.8. The number of para-hydroxylation sites is 1. The van der Waals surface area contributed by atoms with Gasteiger partial charge >= 0.3 is 0 Å². The minimum absolute atomic E-state index is 0.121. The number of nitriles is 1. The lowest BCUT2D eigenvalue weighted by molar-refractivity contribution is -0.384. The van der Waals surface area contributed by atoms with Crippen LogP contribution in [0.1, 0.15) is 18.1 Å². The Kier molecular flexibility index (Phi) is 8.21. The zero-order valence-corrected chi connectivity index (χ0v) is 18.9. The molecule has 0 bridgehead atoms. The summed E-state index contributed by atoms with van der Waals surface area (Å²) in [7, 11) is 0. The van der Waals surface area contributed by atoms with Crippen molar-refractivity contribution < 1.29 is 19.2 Å². The first-order chi connectivity index (χ1) is 16.4. The third-order valence-corrected chi connectivity index (χ3v) is 4.82. The molecule has 172 valence electrons. The highest BCUT2D eigenvalue weighted by molar-refractivity contribution is 6.32. The molecule has 0 spiro atoms. The molecule has 1 N–H and O–H groups in total. The lowest BCUT2D eigenvalue weighted by atomic mass is 10.0. The van der Waals surface area contributed by atoms with Crippen molar-refractivity contribution in [1.82, 2.24) is 0 Å². The molecule has 0 saturated heterocycles. The minimum atomic E-state index is -0.525. The van der Waals surface area contributed by atoms with Crippen LogP contribution in [0.2, 0.25) is 5.02 Å². The Morgan fingerprint density at radius 3 is 2.59 bits per heavy atom. The molecule has 9 heteroatoms. The number of nitro groups is 1. The van der Waals surface area contributed by atoms with Gasteiger partial charge in [-0.05, 0) is 48.4 Å². The molecule has 3 rings (SSSR count). The van der Waals surface area contributed by atoms with Gasteiger partial charge in [0.05, 0.1) is 28.2 Å². The number of nitrogens with zero attached hydrogens (tertiary/aromatic N) is 2. The number of nitro benzene ring substituents is 1. The van der Waals surface area contributed by atoms with Crippen LogP contribution in [-0.4, -0.2) is 24.0 Å². The molecule has 34 heavy (non-hydrogen) atoms. The monoisotopic (exact) mass is 477 g/mol. The van der Waals surface area contributed by atoms with E-state index in [2.05, 4.69) is 11.4 Å². The zero-order chi connectivity index (χ0) is 24.5. The van der Waals surface area contributed by atoms with E-state index in [1.165, 1.54) is 18.2 Å². The van der Waals surface area contributed by atoms with Crippen molar-refractivity contribution in [2.24, 2.45) is 0 Å². The van der Waals surface area contributed by atoms with Gasteiger partial charge in [0.2, 0.25) is 0 Å². The number of allylic oxidation sites excluding steroid dienone is 1. The highest BCUT2D eigenvalue weighted by Crippen LogP contribution is 2.38. The Bertz CT molecular complexity index is 1270. The first-order valence-electron chi connectivity index (χ1n) is 10.2. The topological polar surface area (TPSA) is 114 Å². The van der Waals surface area contributed by atoms with E-state index in [0.717, 1.165) is 0 Å². The number of hydrogen-bond donors (Lipinski definition) is 1. The number of benzene rings is 3. The standard InChI is InChI=1S/C25H20ClN3O5/c1-2-33-23-13-17(11-19(15-27)18-7-6-10-21(14-18)29(31)32)12-22(26)25(23)34-16-24(30)28-20-8-4-3-5-9-20/h3-14H,2,16H2,1H3,(H,28,30)/b19-11-. The summed E-state index contributed by atoms with van der Waals surface area (Å²) in [6.07, 6.45) is 1.54. The summed E-state index contributed by atoms with van der Waals surface area (Å²) in [5, 5.41) is 23.6. The van der Waals surface area contributed by atoms with Gasteiger partial charge in [-0.1, -0.05) is 41.9 Å². The molecule has 8 nitrogen and oxygen atoms in total. The predicted octanol–water partition coefficient (Wildman–Crippen LogP) is 5.73. The summed E-state index contributed by atoms with van der Waals surface area (Å²) in [6.45, 7) is 1.80. The number of anilines is 1. The van der Waals surface area contributed by atoms with Gasteiger partial charge in [-0.2, -0.15) is 5.26 Å². The number of hydrogen-bond acceptors (Lipinski definition) is 6. The minimum Gasteiger partial charge on any atom is -0.490 e. The number of ether oxygens (including phenoxy) is 2. The molecule has 0 aromatic heterocycles. The molecule has 0 saturated carbocycles. The molecule has 0 fully saturated rings. The van der Waals surface area contributed by atoms with Crippen molar-refractivity contribution >= 4 is 40.5 Å². The third kappa shape index (κ3) is 6.34. The fourth-order valence-corrected chi connectivity index (χ4v) is 3.34. The summed E-state index contributed by atoms with van der Waals surface area (Å²) in [6, 6.07) is 20.0. The van der Waals surface area contributed by atoms with Gasteiger partial charge < -0.3 is 14.8 Å². The Morgan fingerprint density at radius 2 is 1.91 bits per heavy atom. The van der Waals surface area contributed by atoms with Crippen molar-refractivity contribution in [2.45, 2.75) is 6.92 Å². The summed E-state index contributed by atoms with van der Waals surface area (Å²) in [5.41, 5.74) is 1.64. The lowest BCUT2D eigenvalue weighted by Gasteiger charge is -2.14. The fourth-order valence-electron chi connectivity index (χ4n) is 3.06. The third-order valence-electron chi connectivity index (χ3n) is 4.54. The predicted molar refractivity (Wildman–Crippen MR) is 130 cm³/mol. The maximum atomic E-state index is 12.2. The quantitative estimate of drug-likeness (QED) is 0.182. The number of nitrogens with one attached hydrogen (secondary N) is 1. The maximum Gasteiger partial charge on any atom is 0.270 e. The largest absolute Gasteiger partial charge is 0.490 e. The van der Waals surface area contributed by atoms with Crippen LogP contribution in [0.4, 0.5) is 11.4 Å². The molecule has 0 aliphatic carbocycles. The van der Waals surface area contributed by atoms with Gasteiger partial charge in [0.1, 0.15) is 0 Å². The summed E-state index contributed by atoms with van der Waals surface area (Å²) >= 11 is 6.42. The van der Waals surface area contributed by atoms with E-state index in [9.17, 15) is 20.2 Å². The van der Waals surface area contributed by atoms with E-state index >= 15 is 0 Å². The van der Waals surface area contributed by atoms with Crippen LogP contribution in [0.3, 0.4) is 0 Å². The summed E-state index contributed by atoms with van der Waals surface area (Å²) in [5.74, 6) is 0.119. The Hall–Kier alpha value is -4.35. The number of carbonyl (C=O) groups is 1. The van der Waals surface area contributed by atoms with Gasteiger partial charge in [-0.15, -0.1) is 0 Å². The smallest absolute Gasteiger partial charge is 0.270 e. The van der Waals surface area contributed by atoms with Crippen molar-refractivity contribution in [3.63, 3.8) is 0 Å². The van der Waals surface area contributed by atoms with Crippen LogP contribution in [0.15, 0.2) is 66.7 Å². The van der Waals surface area contributed by atoms with Gasteiger partial charge in [0.15, 0.2) is 18.1 Å². The second-order valence-electron chi connectivity index (χ2n) is 6.94. The number of rotatable bonds is 9. The van der Waals surface area contributed by atoms with Gasteiger partial charge in [0.25, 0.3) is 11.6 Å². The molecule has 1 amide bonds. The van der Waals surface area contributed by atoms with Crippen LogP contribution < -0.4 is 14.8 Å². The molecule has 0 unspecified atom stereocenters. The highest BCUT2D eigenvalue weighted by atomic mass is 35.5. The molecule has 0 aliphatic rings. The van der Waals surface area contributed by atoms with Crippen molar-refractivity contribution in [2.75, 3.05) is 18.5 Å². The summed E-state index contributed by atoms with van der Waals surface area (Å²) < 4.78 is 11.3. The van der Waals surface area contributed by atoms with E-state index in [1.807, 2.05) is 6.07 Å². The van der Waals surface area contributed by atoms with Crippen molar-refractivity contribution in [3.8, 4) is 17.6 Å². The van der Waals surface area contributed by atoms with Crippen molar-refractivity contribution in [3.05, 3.63) is 93.0 Å². The van der Waals surface area contributed by atoms with E-state index in [-0.39, 0.29) is 34.5 Å². The second-order valence-corrected chi connectivity index (χ2v) is 7.35. The van der Waals surface area contributed by atoms with Crippen molar-refractivity contribution in [1.29, 1.82) is 5.26 Å². The Labute approximate surface area is 201 Å². The van der Waals surface area contributed by atoms with E-state index in [1.54, 1.807) is 55.5 Å². The average Bonchev–Trinajstić information content (AvgIpc) is 2.83. The van der Waals surface area contributed by atoms with Crippen LogP contribution >= 0.6 is 11.6 Å². The number of non-ortho nitro benzene ring substituents is 1. The molecular formula is C25H20ClN3O5.